The lowest BCUT2D eigenvalue weighted by Gasteiger charge is -2.00. The molecule has 2 aromatic rings. The zero-order valence-electron chi connectivity index (χ0n) is 9.69. The lowest BCUT2D eigenvalue weighted by Crippen LogP contribution is -1.87. The maximum atomic E-state index is 5.77. The van der Waals surface area contributed by atoms with Gasteiger partial charge in [-0.2, -0.15) is 0 Å². The minimum absolute atomic E-state index is 0.239. The lowest BCUT2D eigenvalue weighted by molar-refractivity contribution is 0.481. The van der Waals surface area contributed by atoms with Crippen LogP contribution in [0.25, 0.3) is 11.5 Å². The van der Waals surface area contributed by atoms with E-state index in [-0.39, 0.29) is 5.92 Å². The van der Waals surface area contributed by atoms with E-state index in [0.29, 0.717) is 17.5 Å². The van der Waals surface area contributed by atoms with Gasteiger partial charge in [-0.1, -0.05) is 13.8 Å². The molecule has 1 heterocycles. The van der Waals surface area contributed by atoms with Crippen molar-refractivity contribution in [1.82, 2.24) is 10.2 Å². The molecule has 0 amide bonds. The van der Waals surface area contributed by atoms with Crippen LogP contribution in [-0.4, -0.2) is 10.2 Å². The monoisotopic (exact) mass is 217 g/mol. The molecule has 1 aromatic heterocycles. The third kappa shape index (κ3) is 2.05. The topological polar surface area (TPSA) is 64.9 Å². The summed E-state index contributed by atoms with van der Waals surface area (Å²) in [6.45, 7) is 6.02. The van der Waals surface area contributed by atoms with Crippen molar-refractivity contribution in [3.63, 3.8) is 0 Å². The van der Waals surface area contributed by atoms with E-state index in [1.807, 2.05) is 39.0 Å². The number of rotatable bonds is 2. The van der Waals surface area contributed by atoms with Crippen LogP contribution in [-0.2, 0) is 0 Å². The molecule has 2 rings (SSSR count). The first kappa shape index (κ1) is 10.7. The summed E-state index contributed by atoms with van der Waals surface area (Å²) in [6.07, 6.45) is 0. The molecule has 0 aliphatic heterocycles. The van der Waals surface area contributed by atoms with Gasteiger partial charge in [-0.05, 0) is 30.7 Å². The molecule has 84 valence electrons. The number of aryl methyl sites for hydroxylation is 1. The van der Waals surface area contributed by atoms with Crippen LogP contribution in [0.15, 0.2) is 22.6 Å². The van der Waals surface area contributed by atoms with Crippen molar-refractivity contribution >= 4 is 5.69 Å². The van der Waals surface area contributed by atoms with E-state index in [2.05, 4.69) is 10.2 Å². The van der Waals surface area contributed by atoms with Crippen LogP contribution in [0.5, 0.6) is 0 Å². The number of anilines is 1. The van der Waals surface area contributed by atoms with E-state index >= 15 is 0 Å². The van der Waals surface area contributed by atoms with Gasteiger partial charge in [-0.3, -0.25) is 0 Å². The number of hydrogen-bond acceptors (Lipinski definition) is 4. The fraction of sp³-hybridized carbons (Fsp3) is 0.333. The standard InChI is InChI=1S/C12H15N3O/c1-7(2)11-14-15-12(16-11)9-4-8(3)5-10(13)6-9/h4-7H,13H2,1-3H3. The van der Waals surface area contributed by atoms with E-state index in [0.717, 1.165) is 11.1 Å². The molecule has 0 saturated carbocycles. The summed E-state index contributed by atoms with van der Waals surface area (Å²) in [7, 11) is 0. The molecule has 16 heavy (non-hydrogen) atoms. The molecule has 0 spiro atoms. The van der Waals surface area contributed by atoms with Crippen molar-refractivity contribution in [2.24, 2.45) is 0 Å². The zero-order chi connectivity index (χ0) is 11.7. The maximum Gasteiger partial charge on any atom is 0.247 e. The predicted octanol–water partition coefficient (Wildman–Crippen LogP) is 2.75. The molecule has 0 fully saturated rings. The summed E-state index contributed by atoms with van der Waals surface area (Å²) in [5.41, 5.74) is 8.44. The minimum Gasteiger partial charge on any atom is -0.420 e. The Morgan fingerprint density at radius 2 is 1.94 bits per heavy atom. The molecule has 0 unspecified atom stereocenters. The number of nitrogen functional groups attached to an aromatic ring is 1. The van der Waals surface area contributed by atoms with Crippen LogP contribution in [0.4, 0.5) is 5.69 Å². The largest absolute Gasteiger partial charge is 0.420 e. The Hall–Kier alpha value is -1.84. The molecule has 4 nitrogen and oxygen atoms in total. The fourth-order valence-corrected chi connectivity index (χ4v) is 1.52. The number of nitrogens with zero attached hydrogens (tertiary/aromatic N) is 2. The summed E-state index contributed by atoms with van der Waals surface area (Å²) >= 11 is 0. The second-order valence-corrected chi connectivity index (χ2v) is 4.23. The Kier molecular flexibility index (Phi) is 2.64. The Bertz CT molecular complexity index is 482. The Morgan fingerprint density at radius 3 is 2.50 bits per heavy atom. The molecule has 0 aliphatic carbocycles. The van der Waals surface area contributed by atoms with E-state index < -0.39 is 0 Å². The Morgan fingerprint density at radius 1 is 1.19 bits per heavy atom. The van der Waals surface area contributed by atoms with Crippen LogP contribution in [0.3, 0.4) is 0 Å². The molecule has 0 radical (unpaired) electrons. The third-order valence-corrected chi connectivity index (χ3v) is 2.28. The van der Waals surface area contributed by atoms with Crippen LogP contribution in [0, 0.1) is 6.92 Å². The number of hydrogen-bond donors (Lipinski definition) is 1. The lowest BCUT2D eigenvalue weighted by atomic mass is 10.1. The maximum absolute atomic E-state index is 5.77. The fourth-order valence-electron chi connectivity index (χ4n) is 1.52. The van der Waals surface area contributed by atoms with E-state index in [4.69, 9.17) is 10.2 Å². The van der Waals surface area contributed by atoms with Gasteiger partial charge < -0.3 is 10.2 Å². The highest BCUT2D eigenvalue weighted by Gasteiger charge is 2.11. The van der Waals surface area contributed by atoms with Gasteiger partial charge in [0.25, 0.3) is 0 Å². The van der Waals surface area contributed by atoms with Gasteiger partial charge in [-0.15, -0.1) is 10.2 Å². The van der Waals surface area contributed by atoms with Crippen molar-refractivity contribution in [3.05, 3.63) is 29.7 Å². The highest BCUT2D eigenvalue weighted by molar-refractivity contribution is 5.61. The van der Waals surface area contributed by atoms with Gasteiger partial charge in [0, 0.05) is 17.2 Å². The SMILES string of the molecule is Cc1cc(N)cc(-c2nnc(C(C)C)o2)c1. The van der Waals surface area contributed by atoms with Crippen molar-refractivity contribution in [1.29, 1.82) is 0 Å². The highest BCUT2D eigenvalue weighted by atomic mass is 16.4. The molecule has 0 saturated heterocycles. The molecule has 1 aromatic carbocycles. The zero-order valence-corrected chi connectivity index (χ0v) is 9.69. The van der Waals surface area contributed by atoms with Crippen molar-refractivity contribution in [2.45, 2.75) is 26.7 Å². The molecule has 0 bridgehead atoms. The summed E-state index contributed by atoms with van der Waals surface area (Å²) in [4.78, 5) is 0. The number of benzene rings is 1. The van der Waals surface area contributed by atoms with E-state index in [1.165, 1.54) is 0 Å². The van der Waals surface area contributed by atoms with Crippen LogP contribution >= 0.6 is 0 Å². The number of aromatic nitrogens is 2. The molecule has 2 N–H and O–H groups in total. The van der Waals surface area contributed by atoms with Gasteiger partial charge in [0.05, 0.1) is 0 Å². The van der Waals surface area contributed by atoms with E-state index in [9.17, 15) is 0 Å². The van der Waals surface area contributed by atoms with Crippen LogP contribution in [0.1, 0.15) is 31.2 Å². The van der Waals surface area contributed by atoms with Crippen molar-refractivity contribution in [3.8, 4) is 11.5 Å². The third-order valence-electron chi connectivity index (χ3n) is 2.28. The average molecular weight is 217 g/mol. The molecular weight excluding hydrogens is 202 g/mol. The Balaban J connectivity index is 2.42. The predicted molar refractivity (Wildman–Crippen MR) is 63.0 cm³/mol. The second-order valence-electron chi connectivity index (χ2n) is 4.23. The quantitative estimate of drug-likeness (QED) is 0.785. The van der Waals surface area contributed by atoms with Crippen molar-refractivity contribution in [2.75, 3.05) is 5.73 Å². The molecule has 4 heteroatoms. The smallest absolute Gasteiger partial charge is 0.247 e. The summed E-state index contributed by atoms with van der Waals surface area (Å²) in [5, 5.41) is 8.01. The first-order valence-corrected chi connectivity index (χ1v) is 5.27. The van der Waals surface area contributed by atoms with Gasteiger partial charge in [-0.25, -0.2) is 0 Å². The highest BCUT2D eigenvalue weighted by Crippen LogP contribution is 2.24. The number of nitrogens with two attached hydrogens (primary N) is 1. The molecule has 0 aliphatic rings. The van der Waals surface area contributed by atoms with Crippen molar-refractivity contribution < 1.29 is 4.42 Å². The van der Waals surface area contributed by atoms with Crippen LogP contribution in [0.2, 0.25) is 0 Å². The first-order valence-electron chi connectivity index (χ1n) is 5.27. The summed E-state index contributed by atoms with van der Waals surface area (Å²) in [5.74, 6) is 1.41. The summed E-state index contributed by atoms with van der Waals surface area (Å²) in [6, 6.07) is 5.72. The molecule has 0 atom stereocenters. The minimum atomic E-state index is 0.239. The van der Waals surface area contributed by atoms with Gasteiger partial charge >= 0.3 is 0 Å². The average Bonchev–Trinajstić information content (AvgIpc) is 2.64. The van der Waals surface area contributed by atoms with Gasteiger partial charge in [0.2, 0.25) is 11.8 Å². The molecular formula is C12H15N3O. The second kappa shape index (κ2) is 3.96. The van der Waals surface area contributed by atoms with Gasteiger partial charge in [0.15, 0.2) is 0 Å². The Labute approximate surface area is 94.5 Å². The van der Waals surface area contributed by atoms with E-state index in [1.54, 1.807) is 0 Å². The first-order chi connectivity index (χ1) is 7.56. The normalized spacial score (nSPS) is 11.0. The summed E-state index contributed by atoms with van der Waals surface area (Å²) < 4.78 is 5.56. The van der Waals surface area contributed by atoms with Gasteiger partial charge in [0.1, 0.15) is 0 Å². The van der Waals surface area contributed by atoms with Crippen LogP contribution < -0.4 is 5.73 Å².